The maximum Gasteiger partial charge on any atom is 0.0247 e. The van der Waals surface area contributed by atoms with Crippen molar-refractivity contribution in [2.45, 2.75) is 57.4 Å². The lowest BCUT2D eigenvalue weighted by molar-refractivity contribution is 0.255. The highest BCUT2D eigenvalue weighted by atomic mass is 15.2. The van der Waals surface area contributed by atoms with Crippen molar-refractivity contribution >= 4 is 0 Å². The van der Waals surface area contributed by atoms with E-state index in [1.807, 2.05) is 0 Å². The lowest BCUT2D eigenvalue weighted by Gasteiger charge is -2.27. The van der Waals surface area contributed by atoms with Gasteiger partial charge in [0.05, 0.1) is 0 Å². The summed E-state index contributed by atoms with van der Waals surface area (Å²) in [7, 11) is 0. The number of rotatable bonds is 4. The number of nitrogens with two attached hydrogens (primary N) is 1. The van der Waals surface area contributed by atoms with Crippen LogP contribution in [0.1, 0.15) is 51.4 Å². The number of nitrogens with one attached hydrogen (secondary N) is 1. The van der Waals surface area contributed by atoms with Gasteiger partial charge >= 0.3 is 0 Å². The van der Waals surface area contributed by atoms with E-state index >= 15 is 0 Å². The molecule has 2 nitrogen and oxygen atoms in total. The van der Waals surface area contributed by atoms with Crippen molar-refractivity contribution in [2.24, 2.45) is 41.4 Å². The van der Waals surface area contributed by atoms with Crippen LogP contribution in [0, 0.1) is 35.5 Å². The van der Waals surface area contributed by atoms with Crippen molar-refractivity contribution in [1.82, 2.24) is 5.43 Å². The molecule has 2 bridgehead atoms. The van der Waals surface area contributed by atoms with E-state index in [0.29, 0.717) is 6.04 Å². The molecule has 0 amide bonds. The molecule has 4 aliphatic carbocycles. The van der Waals surface area contributed by atoms with Crippen molar-refractivity contribution in [3.05, 3.63) is 0 Å². The van der Waals surface area contributed by atoms with Crippen LogP contribution in [0.25, 0.3) is 0 Å². The Morgan fingerprint density at radius 2 is 1.88 bits per heavy atom. The van der Waals surface area contributed by atoms with E-state index < -0.39 is 0 Å². The second-order valence-electron chi connectivity index (χ2n) is 7.28. The second kappa shape index (κ2) is 3.96. The molecule has 0 aromatic carbocycles. The SMILES string of the molecule is NNC(CC1CC2CCC1C2)C1C2CCCC21. The molecule has 0 spiro atoms. The van der Waals surface area contributed by atoms with Crippen LogP contribution in [0.15, 0.2) is 0 Å². The van der Waals surface area contributed by atoms with Gasteiger partial charge in [-0.15, -0.1) is 0 Å². The molecule has 17 heavy (non-hydrogen) atoms. The van der Waals surface area contributed by atoms with E-state index in [4.69, 9.17) is 5.84 Å². The lowest BCUT2D eigenvalue weighted by atomic mass is 9.82. The van der Waals surface area contributed by atoms with Gasteiger partial charge in [-0.2, -0.15) is 0 Å². The predicted octanol–water partition coefficient (Wildman–Crippen LogP) is 2.69. The highest BCUT2D eigenvalue weighted by Gasteiger charge is 2.56. The van der Waals surface area contributed by atoms with Crippen molar-refractivity contribution in [1.29, 1.82) is 0 Å². The van der Waals surface area contributed by atoms with Crippen molar-refractivity contribution in [3.8, 4) is 0 Å². The van der Waals surface area contributed by atoms with Crippen LogP contribution in [-0.2, 0) is 0 Å². The first-order chi connectivity index (χ1) is 8.36. The molecule has 96 valence electrons. The molecule has 6 unspecified atom stereocenters. The largest absolute Gasteiger partial charge is 0.271 e. The van der Waals surface area contributed by atoms with Gasteiger partial charge in [-0.25, -0.2) is 0 Å². The normalized spacial score (nSPS) is 52.8. The highest BCUT2D eigenvalue weighted by Crippen LogP contribution is 2.60. The van der Waals surface area contributed by atoms with E-state index in [0.717, 1.165) is 35.5 Å². The summed E-state index contributed by atoms with van der Waals surface area (Å²) < 4.78 is 0. The first-order valence-electron chi connectivity index (χ1n) is 7.83. The van der Waals surface area contributed by atoms with Gasteiger partial charge in [0.25, 0.3) is 0 Å². The van der Waals surface area contributed by atoms with Crippen molar-refractivity contribution in [2.75, 3.05) is 0 Å². The number of hydrogen-bond acceptors (Lipinski definition) is 2. The molecule has 4 rings (SSSR count). The number of hydrazine groups is 1. The van der Waals surface area contributed by atoms with Crippen molar-refractivity contribution in [3.63, 3.8) is 0 Å². The number of fused-ring (bicyclic) bond motifs is 3. The van der Waals surface area contributed by atoms with Gasteiger partial charge in [-0.3, -0.25) is 11.3 Å². The van der Waals surface area contributed by atoms with Crippen LogP contribution >= 0.6 is 0 Å². The summed E-state index contributed by atoms with van der Waals surface area (Å²) in [6.07, 6.45) is 12.0. The fourth-order valence-corrected chi connectivity index (χ4v) is 5.80. The zero-order chi connectivity index (χ0) is 11.4. The quantitative estimate of drug-likeness (QED) is 0.580. The summed E-state index contributed by atoms with van der Waals surface area (Å²) >= 11 is 0. The molecule has 4 aliphatic rings. The van der Waals surface area contributed by atoms with E-state index in [9.17, 15) is 0 Å². The van der Waals surface area contributed by atoms with Gasteiger partial charge in [0.15, 0.2) is 0 Å². The van der Waals surface area contributed by atoms with E-state index in [2.05, 4.69) is 5.43 Å². The van der Waals surface area contributed by atoms with Crippen LogP contribution in [0.3, 0.4) is 0 Å². The number of hydrogen-bond donors (Lipinski definition) is 2. The van der Waals surface area contributed by atoms with Gasteiger partial charge in [0, 0.05) is 6.04 Å². The zero-order valence-electron chi connectivity index (χ0n) is 10.8. The Morgan fingerprint density at radius 3 is 2.47 bits per heavy atom. The summed E-state index contributed by atoms with van der Waals surface area (Å²) in [4.78, 5) is 0. The average Bonchev–Trinajstić information content (AvgIpc) is 2.84. The topological polar surface area (TPSA) is 38.0 Å². The van der Waals surface area contributed by atoms with Crippen LogP contribution in [0.5, 0.6) is 0 Å². The highest BCUT2D eigenvalue weighted by molar-refractivity contribution is 5.07. The monoisotopic (exact) mass is 234 g/mol. The summed E-state index contributed by atoms with van der Waals surface area (Å²) in [5.74, 6) is 12.1. The summed E-state index contributed by atoms with van der Waals surface area (Å²) in [5.41, 5.74) is 3.18. The zero-order valence-corrected chi connectivity index (χ0v) is 10.8. The molecule has 0 aromatic rings. The van der Waals surface area contributed by atoms with E-state index in [1.165, 1.54) is 44.9 Å². The first kappa shape index (κ1) is 10.8. The Labute approximate surface area is 105 Å². The summed E-state index contributed by atoms with van der Waals surface area (Å²) in [5, 5.41) is 0. The third-order valence-corrected chi connectivity index (χ3v) is 6.59. The minimum Gasteiger partial charge on any atom is -0.271 e. The second-order valence-corrected chi connectivity index (χ2v) is 7.28. The Balaban J connectivity index is 1.37. The average molecular weight is 234 g/mol. The third-order valence-electron chi connectivity index (χ3n) is 6.59. The van der Waals surface area contributed by atoms with Crippen LogP contribution in [-0.4, -0.2) is 6.04 Å². The first-order valence-corrected chi connectivity index (χ1v) is 7.83. The molecule has 0 radical (unpaired) electrons. The molecule has 4 saturated carbocycles. The molecule has 3 N–H and O–H groups in total. The van der Waals surface area contributed by atoms with Gasteiger partial charge in [0.2, 0.25) is 0 Å². The Bertz CT molecular complexity index is 293. The maximum absolute atomic E-state index is 5.84. The van der Waals surface area contributed by atoms with Gasteiger partial charge in [-0.05, 0) is 74.0 Å². The van der Waals surface area contributed by atoms with Crippen LogP contribution < -0.4 is 11.3 Å². The van der Waals surface area contributed by atoms with Crippen LogP contribution in [0.2, 0.25) is 0 Å². The molecule has 4 fully saturated rings. The molecule has 6 atom stereocenters. The maximum atomic E-state index is 5.84. The molecule has 0 aromatic heterocycles. The fraction of sp³-hybridized carbons (Fsp3) is 1.00. The lowest BCUT2D eigenvalue weighted by Crippen LogP contribution is -2.40. The molecule has 0 saturated heterocycles. The van der Waals surface area contributed by atoms with E-state index in [-0.39, 0.29) is 0 Å². The smallest absolute Gasteiger partial charge is 0.0247 e. The summed E-state index contributed by atoms with van der Waals surface area (Å²) in [6.45, 7) is 0. The fourth-order valence-electron chi connectivity index (χ4n) is 5.80. The van der Waals surface area contributed by atoms with Gasteiger partial charge in [-0.1, -0.05) is 12.8 Å². The molecular formula is C15H26N2. The summed E-state index contributed by atoms with van der Waals surface area (Å²) in [6, 6.07) is 0.648. The van der Waals surface area contributed by atoms with Crippen LogP contribution in [0.4, 0.5) is 0 Å². The standard InChI is InChI=1S/C15H26N2/c16-17-14(15-12-2-1-3-13(12)15)8-11-7-9-4-5-10(11)6-9/h9-15,17H,1-8,16H2. The van der Waals surface area contributed by atoms with Crippen molar-refractivity contribution < 1.29 is 0 Å². The Kier molecular flexibility index (Phi) is 2.52. The Morgan fingerprint density at radius 1 is 1.06 bits per heavy atom. The van der Waals surface area contributed by atoms with E-state index in [1.54, 1.807) is 6.42 Å². The molecule has 2 heteroatoms. The third kappa shape index (κ3) is 1.67. The van der Waals surface area contributed by atoms with Gasteiger partial charge in [0.1, 0.15) is 0 Å². The van der Waals surface area contributed by atoms with Gasteiger partial charge < -0.3 is 0 Å². The molecule has 0 aliphatic heterocycles. The minimum atomic E-state index is 0.648. The Hall–Kier alpha value is -0.0800. The molecular weight excluding hydrogens is 208 g/mol. The molecule has 0 heterocycles. The predicted molar refractivity (Wildman–Crippen MR) is 69.0 cm³/mol. The minimum absolute atomic E-state index is 0.648.